The van der Waals surface area contributed by atoms with Gasteiger partial charge in [0.1, 0.15) is 11.6 Å². The highest BCUT2D eigenvalue weighted by atomic mass is 32.2. The van der Waals surface area contributed by atoms with E-state index in [4.69, 9.17) is 4.74 Å². The lowest BCUT2D eigenvalue weighted by atomic mass is 10.1. The fourth-order valence-corrected chi connectivity index (χ4v) is 3.07. The number of hydrogen-bond acceptors (Lipinski definition) is 3. The van der Waals surface area contributed by atoms with Crippen molar-refractivity contribution in [1.82, 2.24) is 5.32 Å². The van der Waals surface area contributed by atoms with Crippen molar-refractivity contribution in [2.75, 3.05) is 19.4 Å². The monoisotopic (exact) mass is 305 g/mol. The maximum absolute atomic E-state index is 12.9. The molecule has 2 nitrogen and oxygen atoms in total. The Morgan fingerprint density at radius 3 is 2.33 bits per heavy atom. The van der Waals surface area contributed by atoms with Crippen LogP contribution in [0.4, 0.5) is 4.39 Å². The summed E-state index contributed by atoms with van der Waals surface area (Å²) in [7, 11) is 1.95. The molecule has 1 unspecified atom stereocenters. The summed E-state index contributed by atoms with van der Waals surface area (Å²) in [6, 6.07) is 15.0. The molecule has 2 aromatic rings. The average molecular weight is 305 g/mol. The molecule has 0 fully saturated rings. The van der Waals surface area contributed by atoms with Crippen LogP contribution >= 0.6 is 11.8 Å². The number of benzene rings is 2. The predicted molar refractivity (Wildman–Crippen MR) is 86.5 cm³/mol. The zero-order valence-electron chi connectivity index (χ0n) is 12.3. The van der Waals surface area contributed by atoms with Gasteiger partial charge in [-0.2, -0.15) is 0 Å². The number of ether oxygens (including phenoxy) is 1. The Bertz CT molecular complexity index is 542. The smallest absolute Gasteiger partial charge is 0.123 e. The third-order valence-corrected chi connectivity index (χ3v) is 4.28. The molecule has 0 aromatic heterocycles. The molecular formula is C17H20FNOS. The highest BCUT2D eigenvalue weighted by Gasteiger charge is 2.10. The largest absolute Gasteiger partial charge is 0.494 e. The van der Waals surface area contributed by atoms with Crippen LogP contribution in [0.2, 0.25) is 0 Å². The Balaban J connectivity index is 1.97. The van der Waals surface area contributed by atoms with Gasteiger partial charge in [0.15, 0.2) is 0 Å². The van der Waals surface area contributed by atoms with Gasteiger partial charge in [-0.3, -0.25) is 0 Å². The molecule has 0 spiro atoms. The van der Waals surface area contributed by atoms with Crippen LogP contribution in [0.5, 0.6) is 5.75 Å². The van der Waals surface area contributed by atoms with Crippen molar-refractivity contribution >= 4 is 11.8 Å². The van der Waals surface area contributed by atoms with Gasteiger partial charge in [0.2, 0.25) is 0 Å². The molecule has 2 aromatic carbocycles. The van der Waals surface area contributed by atoms with Crippen LogP contribution in [-0.4, -0.2) is 19.4 Å². The Morgan fingerprint density at radius 1 is 1.10 bits per heavy atom. The minimum atomic E-state index is -0.198. The quantitative estimate of drug-likeness (QED) is 0.772. The maximum atomic E-state index is 12.9. The van der Waals surface area contributed by atoms with Gasteiger partial charge in [-0.05, 0) is 55.9 Å². The van der Waals surface area contributed by atoms with Gasteiger partial charge in [0.05, 0.1) is 6.61 Å². The molecule has 0 saturated heterocycles. The lowest BCUT2D eigenvalue weighted by Crippen LogP contribution is -2.18. The van der Waals surface area contributed by atoms with Crippen LogP contribution in [0.15, 0.2) is 53.4 Å². The number of hydrogen-bond donors (Lipinski definition) is 1. The molecule has 2 rings (SSSR count). The molecule has 0 aliphatic carbocycles. The molecule has 21 heavy (non-hydrogen) atoms. The molecule has 1 atom stereocenters. The van der Waals surface area contributed by atoms with E-state index in [0.29, 0.717) is 6.61 Å². The molecule has 0 saturated carbocycles. The van der Waals surface area contributed by atoms with Crippen molar-refractivity contribution in [2.24, 2.45) is 0 Å². The molecule has 0 amide bonds. The maximum Gasteiger partial charge on any atom is 0.123 e. The second kappa shape index (κ2) is 8.05. The second-order valence-electron chi connectivity index (χ2n) is 4.61. The van der Waals surface area contributed by atoms with Crippen LogP contribution in [0.25, 0.3) is 0 Å². The van der Waals surface area contributed by atoms with E-state index in [2.05, 4.69) is 17.4 Å². The van der Waals surface area contributed by atoms with E-state index in [9.17, 15) is 4.39 Å². The summed E-state index contributed by atoms with van der Waals surface area (Å²) >= 11 is 1.71. The zero-order chi connectivity index (χ0) is 15.1. The van der Waals surface area contributed by atoms with Crippen molar-refractivity contribution in [3.05, 3.63) is 59.9 Å². The Morgan fingerprint density at radius 2 is 1.76 bits per heavy atom. The van der Waals surface area contributed by atoms with Gasteiger partial charge in [-0.15, -0.1) is 11.8 Å². The fraction of sp³-hybridized carbons (Fsp3) is 0.294. The van der Waals surface area contributed by atoms with Crippen molar-refractivity contribution in [3.8, 4) is 5.75 Å². The van der Waals surface area contributed by atoms with E-state index in [1.54, 1.807) is 11.8 Å². The first kappa shape index (κ1) is 15.9. The highest BCUT2D eigenvalue weighted by molar-refractivity contribution is 7.99. The van der Waals surface area contributed by atoms with Gasteiger partial charge in [0.25, 0.3) is 0 Å². The number of rotatable bonds is 7. The second-order valence-corrected chi connectivity index (χ2v) is 5.70. The SMILES string of the molecule is CCOc1ccc(C(CSc2ccc(F)cc2)NC)cc1. The Kier molecular flexibility index (Phi) is 6.08. The molecule has 0 heterocycles. The van der Waals surface area contributed by atoms with Gasteiger partial charge in [-0.25, -0.2) is 4.39 Å². The Hall–Kier alpha value is -1.52. The molecule has 0 aliphatic rings. The van der Waals surface area contributed by atoms with Gasteiger partial charge < -0.3 is 10.1 Å². The van der Waals surface area contributed by atoms with Crippen molar-refractivity contribution in [3.63, 3.8) is 0 Å². The molecule has 112 valence electrons. The first-order valence-corrected chi connectivity index (χ1v) is 8.00. The fourth-order valence-electron chi connectivity index (χ4n) is 2.02. The minimum Gasteiger partial charge on any atom is -0.494 e. The summed E-state index contributed by atoms with van der Waals surface area (Å²) in [6.07, 6.45) is 0. The summed E-state index contributed by atoms with van der Waals surface area (Å²) in [4.78, 5) is 1.07. The molecule has 1 N–H and O–H groups in total. The van der Waals surface area contributed by atoms with Crippen LogP contribution in [-0.2, 0) is 0 Å². The molecular weight excluding hydrogens is 285 g/mol. The lowest BCUT2D eigenvalue weighted by molar-refractivity contribution is 0.340. The van der Waals surface area contributed by atoms with E-state index in [-0.39, 0.29) is 11.9 Å². The summed E-state index contributed by atoms with van der Waals surface area (Å²) in [5.74, 6) is 1.58. The third kappa shape index (κ3) is 4.76. The molecule has 4 heteroatoms. The summed E-state index contributed by atoms with van der Waals surface area (Å²) in [5.41, 5.74) is 1.22. The molecule has 0 radical (unpaired) electrons. The normalized spacial score (nSPS) is 12.1. The Labute approximate surface area is 129 Å². The van der Waals surface area contributed by atoms with E-state index < -0.39 is 0 Å². The summed E-state index contributed by atoms with van der Waals surface area (Å²) < 4.78 is 18.3. The topological polar surface area (TPSA) is 21.3 Å². The number of thioether (sulfide) groups is 1. The van der Waals surface area contributed by atoms with Crippen molar-refractivity contribution in [1.29, 1.82) is 0 Å². The zero-order valence-corrected chi connectivity index (χ0v) is 13.1. The highest BCUT2D eigenvalue weighted by Crippen LogP contribution is 2.26. The van der Waals surface area contributed by atoms with Crippen molar-refractivity contribution in [2.45, 2.75) is 17.9 Å². The molecule has 0 bridgehead atoms. The van der Waals surface area contributed by atoms with Crippen molar-refractivity contribution < 1.29 is 9.13 Å². The van der Waals surface area contributed by atoms with Crippen LogP contribution in [0.3, 0.4) is 0 Å². The third-order valence-electron chi connectivity index (χ3n) is 3.17. The van der Waals surface area contributed by atoms with E-state index in [0.717, 1.165) is 16.4 Å². The minimum absolute atomic E-state index is 0.198. The molecule has 0 aliphatic heterocycles. The summed E-state index contributed by atoms with van der Waals surface area (Å²) in [6.45, 7) is 2.65. The average Bonchev–Trinajstić information content (AvgIpc) is 2.51. The number of halogens is 1. The summed E-state index contributed by atoms with van der Waals surface area (Å²) in [5, 5.41) is 3.32. The number of nitrogens with one attached hydrogen (secondary N) is 1. The lowest BCUT2D eigenvalue weighted by Gasteiger charge is -2.17. The van der Waals surface area contributed by atoms with Crippen LogP contribution in [0.1, 0.15) is 18.5 Å². The van der Waals surface area contributed by atoms with Crippen LogP contribution < -0.4 is 10.1 Å². The first-order chi connectivity index (χ1) is 10.2. The van der Waals surface area contributed by atoms with Gasteiger partial charge >= 0.3 is 0 Å². The standard InChI is InChI=1S/C17H20FNOS/c1-3-20-15-8-4-13(5-9-15)17(19-2)12-21-16-10-6-14(18)7-11-16/h4-11,17,19H,3,12H2,1-2H3. The first-order valence-electron chi connectivity index (χ1n) is 7.01. The van der Waals surface area contributed by atoms with E-state index >= 15 is 0 Å². The van der Waals surface area contributed by atoms with Gasteiger partial charge in [0, 0.05) is 16.7 Å². The van der Waals surface area contributed by atoms with E-state index in [1.165, 1.54) is 17.7 Å². The van der Waals surface area contributed by atoms with Crippen LogP contribution in [0, 0.1) is 5.82 Å². The predicted octanol–water partition coefficient (Wildman–Crippen LogP) is 4.28. The van der Waals surface area contributed by atoms with Gasteiger partial charge in [-0.1, -0.05) is 12.1 Å². The van der Waals surface area contributed by atoms with E-state index in [1.807, 2.05) is 38.2 Å².